The van der Waals surface area contributed by atoms with Gasteiger partial charge in [-0.1, -0.05) is 12.5 Å². The molecule has 0 saturated heterocycles. The highest BCUT2D eigenvalue weighted by atomic mass is 32.2. The predicted octanol–water partition coefficient (Wildman–Crippen LogP) is 5.20. The Morgan fingerprint density at radius 3 is 2.11 bits per heavy atom. The maximum Gasteiger partial charge on any atom is 0.335 e. The Morgan fingerprint density at radius 2 is 1.61 bits per heavy atom. The zero-order chi connectivity index (χ0) is 28.6. The summed E-state index contributed by atoms with van der Waals surface area (Å²) in [5.41, 5.74) is 0.954. The van der Waals surface area contributed by atoms with Gasteiger partial charge in [0.1, 0.15) is 11.2 Å². The molecule has 2 heterocycles. The number of ether oxygens (including phenoxy) is 5. The highest BCUT2D eigenvalue weighted by Gasteiger charge is 2.67. The number of carbonyl (C=O) groups excluding carboxylic acids is 3. The van der Waals surface area contributed by atoms with Gasteiger partial charge in [0.2, 0.25) is 4.75 Å². The molecule has 0 unspecified atom stereocenters. The quantitative estimate of drug-likeness (QED) is 0.250. The van der Waals surface area contributed by atoms with Crippen LogP contribution in [-0.4, -0.2) is 59.1 Å². The lowest BCUT2D eigenvalue weighted by molar-refractivity contribution is -0.177. The Morgan fingerprint density at radius 1 is 1.03 bits per heavy atom. The number of carbonyl (C=O) groups is 3. The fourth-order valence-electron chi connectivity index (χ4n) is 5.70. The third kappa shape index (κ3) is 5.93. The molecule has 0 N–H and O–H groups in total. The lowest BCUT2D eigenvalue weighted by atomic mass is 9.57. The molecule has 38 heavy (non-hydrogen) atoms. The largest absolute Gasteiger partial charge is 0.472 e. The van der Waals surface area contributed by atoms with E-state index in [1.807, 2.05) is 20.8 Å². The molecule has 0 aromatic carbocycles. The summed E-state index contributed by atoms with van der Waals surface area (Å²) in [4.78, 5) is 42.0. The number of hydrogen-bond donors (Lipinski definition) is 0. The van der Waals surface area contributed by atoms with Crippen molar-refractivity contribution in [2.75, 3.05) is 19.0 Å². The summed E-state index contributed by atoms with van der Waals surface area (Å²) in [5, 5.41) is 0. The van der Waals surface area contributed by atoms with Crippen molar-refractivity contribution in [3.8, 4) is 0 Å². The molecule has 9 heteroatoms. The van der Waals surface area contributed by atoms with Gasteiger partial charge in [-0.3, -0.25) is 4.79 Å². The van der Waals surface area contributed by atoms with Gasteiger partial charge in [-0.2, -0.15) is 0 Å². The highest BCUT2D eigenvalue weighted by Crippen LogP contribution is 2.60. The summed E-state index contributed by atoms with van der Waals surface area (Å²) in [7, 11) is 0. The van der Waals surface area contributed by atoms with E-state index in [-0.39, 0.29) is 18.4 Å². The first-order chi connectivity index (χ1) is 17.6. The molecule has 1 saturated carbocycles. The highest BCUT2D eigenvalue weighted by molar-refractivity contribution is 8.02. The Kier molecular flexibility index (Phi) is 9.03. The first kappa shape index (κ1) is 30.5. The fraction of sp³-hybridized carbons (Fsp3) is 0.759. The van der Waals surface area contributed by atoms with Crippen LogP contribution in [0.4, 0.5) is 0 Å². The summed E-state index contributed by atoms with van der Waals surface area (Å²) < 4.78 is 27.3. The molecule has 3 rings (SSSR count). The zero-order valence-corrected chi connectivity index (χ0v) is 25.3. The van der Waals surface area contributed by atoms with E-state index in [4.69, 9.17) is 23.7 Å². The van der Waals surface area contributed by atoms with Crippen molar-refractivity contribution in [2.24, 2.45) is 23.7 Å². The van der Waals surface area contributed by atoms with Crippen LogP contribution < -0.4 is 0 Å². The molecular formula is C29H44O8S. The fourth-order valence-corrected chi connectivity index (χ4v) is 7.07. The summed E-state index contributed by atoms with van der Waals surface area (Å²) in [6.45, 7) is 18.9. The number of rotatable bonds is 6. The number of esters is 3. The monoisotopic (exact) mass is 552 g/mol. The molecule has 0 bridgehead atoms. The third-order valence-electron chi connectivity index (χ3n) is 7.10. The van der Waals surface area contributed by atoms with Crippen molar-refractivity contribution in [1.82, 2.24) is 0 Å². The maximum atomic E-state index is 14.2. The molecule has 214 valence electrons. The van der Waals surface area contributed by atoms with Crippen molar-refractivity contribution in [3.05, 3.63) is 23.0 Å². The van der Waals surface area contributed by atoms with Gasteiger partial charge in [0, 0.05) is 24.7 Å². The normalized spacial score (nSPS) is 28.8. The molecular weight excluding hydrogens is 508 g/mol. The second-order valence-electron chi connectivity index (χ2n) is 12.3. The van der Waals surface area contributed by atoms with E-state index in [1.54, 1.807) is 54.7 Å². The van der Waals surface area contributed by atoms with Crippen molar-refractivity contribution < 1.29 is 38.1 Å². The second-order valence-corrected chi connectivity index (χ2v) is 13.5. The first-order valence-electron chi connectivity index (χ1n) is 13.5. The van der Waals surface area contributed by atoms with Crippen LogP contribution in [-0.2, 0) is 38.1 Å². The average molecular weight is 553 g/mol. The van der Waals surface area contributed by atoms with E-state index >= 15 is 0 Å². The molecule has 0 radical (unpaired) electrons. The van der Waals surface area contributed by atoms with Crippen LogP contribution in [0, 0.1) is 23.7 Å². The zero-order valence-electron chi connectivity index (χ0n) is 24.5. The molecule has 0 aromatic heterocycles. The van der Waals surface area contributed by atoms with Crippen LogP contribution in [0.15, 0.2) is 23.0 Å². The van der Waals surface area contributed by atoms with Crippen LogP contribution in [0.5, 0.6) is 0 Å². The Balaban J connectivity index is 2.29. The van der Waals surface area contributed by atoms with Gasteiger partial charge in [-0.25, -0.2) is 9.59 Å². The molecule has 1 fully saturated rings. The van der Waals surface area contributed by atoms with Gasteiger partial charge >= 0.3 is 17.9 Å². The molecule has 2 aliphatic heterocycles. The van der Waals surface area contributed by atoms with E-state index in [9.17, 15) is 14.4 Å². The van der Waals surface area contributed by atoms with Gasteiger partial charge in [-0.05, 0) is 85.3 Å². The standard InChI is InChI=1S/C29H44O8S/c1-11-33-20-13-18-17(4)22(24(30)34-12-2)23-21(19(18)14-35-20)16(3)15-38-29(23,25(31)36-27(5,6)7)26(32)37-28(8,9)10/h14,17-18,20,22-23H,11-13,15H2,1-10H3/t17-,18-,20+,22-,23-/m0/s1. The summed E-state index contributed by atoms with van der Waals surface area (Å²) in [5.74, 6) is -3.43. The van der Waals surface area contributed by atoms with Gasteiger partial charge in [-0.15, -0.1) is 11.8 Å². The van der Waals surface area contributed by atoms with Gasteiger partial charge < -0.3 is 23.7 Å². The van der Waals surface area contributed by atoms with Crippen LogP contribution in [0.25, 0.3) is 0 Å². The first-order valence-corrected chi connectivity index (χ1v) is 14.5. The molecule has 5 atom stereocenters. The molecule has 8 nitrogen and oxygen atoms in total. The molecule has 3 aliphatic rings. The third-order valence-corrected chi connectivity index (χ3v) is 8.72. The lowest BCUT2D eigenvalue weighted by Gasteiger charge is -2.53. The van der Waals surface area contributed by atoms with Crippen LogP contribution in [0.1, 0.15) is 75.7 Å². The van der Waals surface area contributed by atoms with Crippen molar-refractivity contribution >= 4 is 29.7 Å². The smallest absolute Gasteiger partial charge is 0.335 e. The minimum atomic E-state index is -1.80. The van der Waals surface area contributed by atoms with E-state index in [2.05, 4.69) is 0 Å². The van der Waals surface area contributed by atoms with E-state index < -0.39 is 52.0 Å². The van der Waals surface area contributed by atoms with Gasteiger partial charge in [0.15, 0.2) is 6.29 Å². The number of fused-ring (bicyclic) bond motifs is 3. The topological polar surface area (TPSA) is 97.4 Å². The summed E-state index contributed by atoms with van der Waals surface area (Å²) >= 11 is 1.18. The van der Waals surface area contributed by atoms with E-state index in [0.29, 0.717) is 18.8 Å². The van der Waals surface area contributed by atoms with E-state index in [1.165, 1.54) is 11.8 Å². The SMILES string of the molecule is CCOC(=O)[C@H]1[C@@H](C)[C@@H]2C[C@H](OCC)OC=C2C2=C(C)CSC(C(=O)OC(C)(C)C)(C(=O)OC(C)(C)C)[C@@H]21. The van der Waals surface area contributed by atoms with Gasteiger partial charge in [0.05, 0.1) is 18.8 Å². The number of allylic oxidation sites excluding steroid dienone is 2. The van der Waals surface area contributed by atoms with Crippen molar-refractivity contribution in [3.63, 3.8) is 0 Å². The van der Waals surface area contributed by atoms with Gasteiger partial charge in [0.25, 0.3) is 0 Å². The van der Waals surface area contributed by atoms with Crippen molar-refractivity contribution in [1.29, 1.82) is 0 Å². The van der Waals surface area contributed by atoms with Crippen LogP contribution in [0.2, 0.25) is 0 Å². The predicted molar refractivity (Wildman–Crippen MR) is 145 cm³/mol. The minimum absolute atomic E-state index is 0.0750. The Hall–Kier alpha value is -2.00. The van der Waals surface area contributed by atoms with E-state index in [0.717, 1.165) is 16.7 Å². The molecule has 0 spiro atoms. The summed E-state index contributed by atoms with van der Waals surface area (Å²) in [6.07, 6.45) is 1.82. The second kappa shape index (κ2) is 11.2. The Bertz CT molecular complexity index is 971. The molecule has 0 amide bonds. The lowest BCUT2D eigenvalue weighted by Crippen LogP contribution is -2.62. The molecule has 1 aliphatic carbocycles. The summed E-state index contributed by atoms with van der Waals surface area (Å²) in [6, 6.07) is 0. The Labute approximate surface area is 231 Å². The average Bonchev–Trinajstić information content (AvgIpc) is 2.77. The number of hydrogen-bond acceptors (Lipinski definition) is 9. The van der Waals surface area contributed by atoms with Crippen molar-refractivity contribution in [2.45, 2.75) is 97.9 Å². The van der Waals surface area contributed by atoms with Crippen LogP contribution >= 0.6 is 11.8 Å². The van der Waals surface area contributed by atoms with Crippen LogP contribution in [0.3, 0.4) is 0 Å². The number of thioether (sulfide) groups is 1. The maximum absolute atomic E-state index is 14.2. The molecule has 0 aromatic rings. The minimum Gasteiger partial charge on any atom is -0.472 e.